The number of likely N-dealkylation sites (tertiary alicyclic amines) is 1. The number of hydrogen-bond acceptors (Lipinski definition) is 6. The average molecular weight is 449 g/mol. The molecule has 160 valence electrons. The highest BCUT2D eigenvalue weighted by atomic mass is 32.2. The van der Waals surface area contributed by atoms with Crippen molar-refractivity contribution in [3.8, 4) is 0 Å². The fraction of sp³-hybridized carbons (Fsp3) is 0.429. The Bertz CT molecular complexity index is 843. The SMILES string of the molecule is O=C(O)CCCN1C(=O)/C(=C/C2CCCCN2C(=O)OCc2ccccc2)SC1=S. The van der Waals surface area contributed by atoms with Gasteiger partial charge in [0, 0.05) is 19.5 Å². The van der Waals surface area contributed by atoms with Crippen molar-refractivity contribution in [1.29, 1.82) is 0 Å². The van der Waals surface area contributed by atoms with Gasteiger partial charge in [-0.05, 0) is 37.3 Å². The predicted octanol–water partition coefficient (Wildman–Crippen LogP) is 3.79. The van der Waals surface area contributed by atoms with Gasteiger partial charge in [0.2, 0.25) is 0 Å². The lowest BCUT2D eigenvalue weighted by atomic mass is 10.0. The van der Waals surface area contributed by atoms with Crippen molar-refractivity contribution >= 4 is 46.3 Å². The number of aliphatic carboxylic acids is 1. The number of hydrogen-bond donors (Lipinski definition) is 1. The molecule has 2 amide bonds. The molecule has 0 bridgehead atoms. The van der Waals surface area contributed by atoms with Gasteiger partial charge in [0.25, 0.3) is 5.91 Å². The molecule has 9 heteroatoms. The second-order valence-electron chi connectivity index (χ2n) is 7.15. The Morgan fingerprint density at radius 3 is 2.77 bits per heavy atom. The molecule has 1 N–H and O–H groups in total. The predicted molar refractivity (Wildman–Crippen MR) is 118 cm³/mol. The standard InChI is InChI=1S/C21H24N2O5S2/c24-18(25)10-6-12-23-19(26)17(30-21(23)29)13-16-9-4-5-11-22(16)20(27)28-14-15-7-2-1-3-8-15/h1-3,7-8,13,16H,4-6,9-12,14H2,(H,24,25)/b17-13-. The summed E-state index contributed by atoms with van der Waals surface area (Å²) in [7, 11) is 0. The molecule has 7 nitrogen and oxygen atoms in total. The topological polar surface area (TPSA) is 87.2 Å². The fourth-order valence-electron chi connectivity index (χ4n) is 3.43. The molecule has 1 unspecified atom stereocenters. The van der Waals surface area contributed by atoms with E-state index in [-0.39, 0.29) is 31.5 Å². The van der Waals surface area contributed by atoms with Gasteiger partial charge in [0.1, 0.15) is 10.9 Å². The van der Waals surface area contributed by atoms with Gasteiger partial charge in [-0.1, -0.05) is 54.3 Å². The van der Waals surface area contributed by atoms with Crippen LogP contribution in [0, 0.1) is 0 Å². The van der Waals surface area contributed by atoms with E-state index in [1.54, 1.807) is 11.0 Å². The first kappa shape index (κ1) is 22.3. The van der Waals surface area contributed by atoms with E-state index in [2.05, 4.69) is 0 Å². The maximum Gasteiger partial charge on any atom is 0.410 e. The van der Waals surface area contributed by atoms with Crippen LogP contribution in [0.4, 0.5) is 4.79 Å². The van der Waals surface area contributed by atoms with Crippen molar-refractivity contribution in [2.75, 3.05) is 13.1 Å². The molecule has 0 radical (unpaired) electrons. The third-order valence-electron chi connectivity index (χ3n) is 4.98. The average Bonchev–Trinajstić information content (AvgIpc) is 3.00. The Morgan fingerprint density at radius 1 is 1.27 bits per heavy atom. The minimum Gasteiger partial charge on any atom is -0.481 e. The van der Waals surface area contributed by atoms with E-state index >= 15 is 0 Å². The summed E-state index contributed by atoms with van der Waals surface area (Å²) in [6, 6.07) is 9.27. The third-order valence-corrected chi connectivity index (χ3v) is 6.37. The van der Waals surface area contributed by atoms with Crippen molar-refractivity contribution < 1.29 is 24.2 Å². The number of ether oxygens (including phenoxy) is 1. The highest BCUT2D eigenvalue weighted by Gasteiger charge is 2.34. The Kier molecular flexibility index (Phi) is 7.87. The number of carbonyl (C=O) groups excluding carboxylic acids is 2. The number of amides is 2. The second kappa shape index (κ2) is 10.6. The first-order chi connectivity index (χ1) is 14.5. The van der Waals surface area contributed by atoms with Crippen LogP contribution < -0.4 is 0 Å². The highest BCUT2D eigenvalue weighted by Crippen LogP contribution is 2.33. The number of benzene rings is 1. The van der Waals surface area contributed by atoms with Crippen LogP contribution >= 0.6 is 24.0 Å². The summed E-state index contributed by atoms with van der Waals surface area (Å²) in [4.78, 5) is 39.7. The molecule has 2 fully saturated rings. The number of rotatable bonds is 7. The van der Waals surface area contributed by atoms with Gasteiger partial charge >= 0.3 is 12.1 Å². The smallest absolute Gasteiger partial charge is 0.410 e. The van der Waals surface area contributed by atoms with Crippen LogP contribution in [0.15, 0.2) is 41.3 Å². The van der Waals surface area contributed by atoms with Gasteiger partial charge in [0.15, 0.2) is 0 Å². The zero-order valence-electron chi connectivity index (χ0n) is 16.5. The summed E-state index contributed by atoms with van der Waals surface area (Å²) in [5.74, 6) is -1.12. The minimum absolute atomic E-state index is 0.0141. The molecule has 1 aromatic carbocycles. The van der Waals surface area contributed by atoms with Crippen LogP contribution in [0.1, 0.15) is 37.7 Å². The number of thioether (sulfide) groups is 1. The largest absolute Gasteiger partial charge is 0.481 e. The first-order valence-corrected chi connectivity index (χ1v) is 11.1. The Hall–Kier alpha value is -2.39. The molecular weight excluding hydrogens is 424 g/mol. The van der Waals surface area contributed by atoms with Crippen LogP contribution in [-0.4, -0.2) is 56.3 Å². The molecule has 2 aliphatic heterocycles. The Balaban J connectivity index is 1.63. The number of thiocarbonyl (C=S) groups is 1. The van der Waals surface area contributed by atoms with E-state index in [1.807, 2.05) is 30.3 Å². The van der Waals surface area contributed by atoms with Crippen LogP contribution in [-0.2, 0) is 20.9 Å². The summed E-state index contributed by atoms with van der Waals surface area (Å²) in [5, 5.41) is 8.78. The van der Waals surface area contributed by atoms with Crippen LogP contribution in [0.5, 0.6) is 0 Å². The molecule has 0 saturated carbocycles. The summed E-state index contributed by atoms with van der Waals surface area (Å²) in [5.41, 5.74) is 0.918. The van der Waals surface area contributed by atoms with Gasteiger partial charge in [-0.2, -0.15) is 0 Å². The molecule has 30 heavy (non-hydrogen) atoms. The van der Waals surface area contributed by atoms with E-state index in [9.17, 15) is 14.4 Å². The van der Waals surface area contributed by atoms with Crippen LogP contribution in [0.3, 0.4) is 0 Å². The highest BCUT2D eigenvalue weighted by molar-refractivity contribution is 8.26. The second-order valence-corrected chi connectivity index (χ2v) is 8.83. The molecule has 1 aromatic rings. The maximum atomic E-state index is 12.7. The summed E-state index contributed by atoms with van der Waals surface area (Å²) < 4.78 is 5.90. The molecule has 2 heterocycles. The summed E-state index contributed by atoms with van der Waals surface area (Å²) in [6.07, 6.45) is 4.35. The van der Waals surface area contributed by atoms with Crippen molar-refractivity contribution in [2.45, 2.75) is 44.8 Å². The molecular formula is C21H24N2O5S2. The normalized spacial score (nSPS) is 20.7. The molecule has 2 saturated heterocycles. The lowest BCUT2D eigenvalue weighted by Crippen LogP contribution is -2.43. The fourth-order valence-corrected chi connectivity index (χ4v) is 4.77. The van der Waals surface area contributed by atoms with E-state index < -0.39 is 12.1 Å². The van der Waals surface area contributed by atoms with E-state index in [1.165, 1.54) is 16.7 Å². The zero-order valence-corrected chi connectivity index (χ0v) is 18.1. The van der Waals surface area contributed by atoms with E-state index in [0.717, 1.165) is 24.8 Å². The monoisotopic (exact) mass is 448 g/mol. The molecule has 3 rings (SSSR count). The molecule has 0 spiro atoms. The third kappa shape index (κ3) is 5.82. The quantitative estimate of drug-likeness (QED) is 0.502. The number of nitrogens with zero attached hydrogens (tertiary/aromatic N) is 2. The first-order valence-electron chi connectivity index (χ1n) is 9.90. The van der Waals surface area contributed by atoms with Gasteiger partial charge in [-0.25, -0.2) is 4.79 Å². The minimum atomic E-state index is -0.900. The molecule has 0 aliphatic carbocycles. The van der Waals surface area contributed by atoms with Gasteiger partial charge in [0.05, 0.1) is 10.9 Å². The maximum absolute atomic E-state index is 12.7. The van der Waals surface area contributed by atoms with Crippen LogP contribution in [0.2, 0.25) is 0 Å². The number of carboxylic acid groups (broad SMARTS) is 1. The summed E-state index contributed by atoms with van der Waals surface area (Å²) >= 11 is 6.49. The van der Waals surface area contributed by atoms with Gasteiger partial charge < -0.3 is 14.7 Å². The number of carboxylic acids is 1. The van der Waals surface area contributed by atoms with E-state index in [4.69, 9.17) is 22.1 Å². The van der Waals surface area contributed by atoms with Crippen LogP contribution in [0.25, 0.3) is 0 Å². The zero-order chi connectivity index (χ0) is 21.5. The Labute approximate surface area is 185 Å². The molecule has 2 aliphatic rings. The number of carbonyl (C=O) groups is 3. The van der Waals surface area contributed by atoms with Crippen molar-refractivity contribution in [1.82, 2.24) is 9.80 Å². The van der Waals surface area contributed by atoms with Crippen molar-refractivity contribution in [2.24, 2.45) is 0 Å². The molecule has 1 atom stereocenters. The van der Waals surface area contributed by atoms with E-state index in [0.29, 0.717) is 22.2 Å². The van der Waals surface area contributed by atoms with Gasteiger partial charge in [-0.3, -0.25) is 14.5 Å². The molecule has 0 aromatic heterocycles. The lowest BCUT2D eigenvalue weighted by molar-refractivity contribution is -0.137. The lowest BCUT2D eigenvalue weighted by Gasteiger charge is -2.33. The van der Waals surface area contributed by atoms with Gasteiger partial charge in [-0.15, -0.1) is 0 Å². The Morgan fingerprint density at radius 2 is 2.03 bits per heavy atom. The van der Waals surface area contributed by atoms with Crippen molar-refractivity contribution in [3.63, 3.8) is 0 Å². The summed E-state index contributed by atoms with van der Waals surface area (Å²) in [6.45, 7) is 1.06. The van der Waals surface area contributed by atoms with Crippen molar-refractivity contribution in [3.05, 3.63) is 46.9 Å². The number of piperidine rings is 1.